The van der Waals surface area contributed by atoms with E-state index >= 15 is 0 Å². The van der Waals surface area contributed by atoms with E-state index in [1.165, 1.54) is 0 Å². The molecule has 32 valence electrons. The summed E-state index contributed by atoms with van der Waals surface area (Å²) in [5, 5.41) is 10.0. The summed E-state index contributed by atoms with van der Waals surface area (Å²) in [4.78, 5) is 0. The largest absolute Gasteiger partial charge is 1.00 e. The number of nitrogens with zero attached hydrogens (tertiary/aromatic N) is 3. The first kappa shape index (κ1) is 7.13. The van der Waals surface area contributed by atoms with Crippen molar-refractivity contribution in [2.24, 2.45) is 15.4 Å². The van der Waals surface area contributed by atoms with E-state index in [-0.39, 0.29) is 37.6 Å². The summed E-state index contributed by atoms with van der Waals surface area (Å²) in [6.07, 6.45) is 0. The van der Waals surface area contributed by atoms with Crippen LogP contribution in [-0.4, -0.2) is 14.1 Å². The summed E-state index contributed by atoms with van der Waals surface area (Å²) in [6, 6.07) is 0.468. The molecule has 0 unspecified atom stereocenters. The van der Waals surface area contributed by atoms with Crippen molar-refractivity contribution in [2.75, 3.05) is 0 Å². The van der Waals surface area contributed by atoms with E-state index in [2.05, 4.69) is 15.4 Å². The Morgan fingerprint density at radius 1 is 1.57 bits per heavy atom. The molecule has 0 saturated carbocycles. The molecule has 1 aliphatic rings. The van der Waals surface area contributed by atoms with Crippen molar-refractivity contribution in [1.29, 1.82) is 0 Å². The zero-order chi connectivity index (χ0) is 4.41. The molecular formula is CH3BN3NaO. The van der Waals surface area contributed by atoms with Crippen LogP contribution in [-0.2, 0) is 4.65 Å². The fraction of sp³-hybridized carbons (Fsp3) is 0. The quantitative estimate of drug-likeness (QED) is 0.291. The Bertz CT molecular complexity index is 112. The average Bonchev–Trinajstić information content (AvgIpc) is 1.31. The zero-order valence-electron chi connectivity index (χ0n) is 3.25. The molecule has 4 nitrogen and oxygen atoms in total. The van der Waals surface area contributed by atoms with Gasteiger partial charge in [0.25, 0.3) is 0 Å². The third-order valence-corrected chi connectivity index (χ3v) is 0.261. The van der Waals surface area contributed by atoms with E-state index < -0.39 is 0 Å². The van der Waals surface area contributed by atoms with E-state index in [9.17, 15) is 0 Å². The van der Waals surface area contributed by atoms with Crippen LogP contribution in [0.1, 0.15) is 0 Å². The van der Waals surface area contributed by atoms with Crippen LogP contribution in [0.15, 0.2) is 15.4 Å². The molecule has 0 fully saturated rings. The zero-order valence-corrected chi connectivity index (χ0v) is 5.25. The molecule has 0 radical (unpaired) electrons. The Hall–Kier alpha value is 0.135. The topological polar surface area (TPSA) is 46.3 Å². The van der Waals surface area contributed by atoms with Gasteiger partial charge in [0.1, 0.15) is 8.05 Å². The van der Waals surface area contributed by atoms with Crippen LogP contribution >= 0.6 is 0 Å². The third kappa shape index (κ3) is 1.59. The fourth-order valence-electron chi connectivity index (χ4n) is 0.0812. The van der Waals surface area contributed by atoms with Crippen LogP contribution in [0.5, 0.6) is 0 Å². The molecular weight excluding hydrogens is 104 g/mol. The van der Waals surface area contributed by atoms with Gasteiger partial charge < -0.3 is 4.65 Å². The summed E-state index contributed by atoms with van der Waals surface area (Å²) >= 11 is 0. The van der Waals surface area contributed by atoms with Gasteiger partial charge in [0.05, 0.1) is 0 Å². The number of rotatable bonds is 0. The summed E-state index contributed by atoms with van der Waals surface area (Å²) in [5.74, 6) is 0. The van der Waals surface area contributed by atoms with Gasteiger partial charge in [-0.2, -0.15) is 0 Å². The van der Waals surface area contributed by atoms with Crippen LogP contribution in [0.2, 0.25) is 0 Å². The van der Waals surface area contributed by atoms with E-state index in [1.54, 1.807) is 0 Å². The summed E-state index contributed by atoms with van der Waals surface area (Å²) in [5.41, 5.74) is 0. The van der Waals surface area contributed by atoms with Crippen LogP contribution in [0.3, 0.4) is 0 Å². The summed E-state index contributed by atoms with van der Waals surface area (Å²) in [6.45, 7) is 0. The van der Waals surface area contributed by atoms with Gasteiger partial charge in [-0.3, -0.25) is 0 Å². The molecule has 7 heavy (non-hydrogen) atoms. The van der Waals surface area contributed by atoms with Gasteiger partial charge in [0.2, 0.25) is 0 Å². The maximum absolute atomic E-state index is 4.73. The Labute approximate surface area is 63.8 Å². The Morgan fingerprint density at radius 3 is 2.14 bits per heavy atom. The molecule has 0 spiro atoms. The van der Waals surface area contributed by atoms with Gasteiger partial charge in [-0.25, -0.2) is 0 Å². The van der Waals surface area contributed by atoms with E-state index in [0.29, 0.717) is 6.02 Å². The molecule has 0 atom stereocenters. The average molecular weight is 107 g/mol. The van der Waals surface area contributed by atoms with E-state index in [4.69, 9.17) is 4.65 Å². The Kier molecular flexibility index (Phi) is 3.24. The van der Waals surface area contributed by atoms with E-state index in [1.807, 2.05) is 0 Å². The Balaban J connectivity index is 0.000000360. The second kappa shape index (κ2) is 3.18. The van der Waals surface area contributed by atoms with Gasteiger partial charge in [0.15, 0.2) is 0 Å². The smallest absolute Gasteiger partial charge is 0.692 e. The van der Waals surface area contributed by atoms with Gasteiger partial charge in [-0.05, 0) is 5.22 Å². The predicted molar refractivity (Wildman–Crippen MR) is 23.3 cm³/mol. The number of amidine groups is 1. The van der Waals surface area contributed by atoms with Gasteiger partial charge in [-0.15, -0.1) is 0 Å². The third-order valence-electron chi connectivity index (χ3n) is 0.261. The normalized spacial score (nSPS) is 13.6. The first-order valence-electron chi connectivity index (χ1n) is 1.05. The predicted octanol–water partition coefficient (Wildman–Crippen LogP) is -3.98. The van der Waals surface area contributed by atoms with Crippen LogP contribution < -0.4 is 29.6 Å². The minimum atomic E-state index is -0.0291. The van der Waals surface area contributed by atoms with Gasteiger partial charge >= 0.3 is 35.6 Å². The molecule has 1 aliphatic heterocycles. The van der Waals surface area contributed by atoms with Crippen molar-refractivity contribution >= 4 is 14.1 Å². The van der Waals surface area contributed by atoms with Crippen molar-refractivity contribution in [3.05, 3.63) is 0 Å². The second-order valence-electron chi connectivity index (χ2n) is 0.572. The van der Waals surface area contributed by atoms with Crippen LogP contribution in [0.25, 0.3) is 0 Å². The summed E-state index contributed by atoms with van der Waals surface area (Å²) < 4.78 is 4.73. The fourth-order valence-corrected chi connectivity index (χ4v) is 0.0812. The maximum Gasteiger partial charge on any atom is 1.00 e. The first-order valence-corrected chi connectivity index (χ1v) is 1.05. The van der Waals surface area contributed by atoms with Crippen molar-refractivity contribution < 1.29 is 34.2 Å². The van der Waals surface area contributed by atoms with Crippen LogP contribution in [0, 0.1) is 0 Å². The minimum Gasteiger partial charge on any atom is -0.692 e. The van der Waals surface area contributed by atoms with Crippen molar-refractivity contribution in [2.45, 2.75) is 0 Å². The van der Waals surface area contributed by atoms with Gasteiger partial charge in [0, 0.05) is 0 Å². The second-order valence-corrected chi connectivity index (χ2v) is 0.572. The first-order chi connectivity index (χ1) is 2.93. The molecule has 1 heterocycles. The standard InChI is InChI=1S/CH3BN3O.Na/c2-6-1-3-5-4-1;/h2H3;/q-1;+1. The minimum absolute atomic E-state index is 0. The van der Waals surface area contributed by atoms with E-state index in [0.717, 1.165) is 0 Å². The molecule has 0 aromatic rings. The van der Waals surface area contributed by atoms with Crippen molar-refractivity contribution in [3.8, 4) is 0 Å². The van der Waals surface area contributed by atoms with Crippen molar-refractivity contribution in [3.63, 3.8) is 0 Å². The molecule has 0 N–H and O–H groups in total. The molecule has 1 rings (SSSR count). The number of hydrogen-bond acceptors (Lipinski definition) is 4. The molecule has 0 aromatic heterocycles. The SMILES string of the molecule is [BH3-]OC1=NN=N1.[Na+]. The maximum atomic E-state index is 4.73. The van der Waals surface area contributed by atoms with Gasteiger partial charge in [-0.1, -0.05) is 10.2 Å². The van der Waals surface area contributed by atoms with Crippen molar-refractivity contribution in [1.82, 2.24) is 0 Å². The Morgan fingerprint density at radius 2 is 2.14 bits per heavy atom. The molecule has 0 bridgehead atoms. The summed E-state index contributed by atoms with van der Waals surface area (Å²) in [7, 11) is -0.0291. The number of hydrogen-bond donors (Lipinski definition) is 0. The monoisotopic (exact) mass is 107 g/mol. The van der Waals surface area contributed by atoms with Crippen LogP contribution in [0.4, 0.5) is 0 Å². The molecule has 6 heteroatoms. The molecule has 0 saturated heterocycles. The molecule has 0 amide bonds. The molecule has 0 aliphatic carbocycles. The molecule has 0 aromatic carbocycles.